The van der Waals surface area contributed by atoms with Gasteiger partial charge in [-0.3, -0.25) is 0 Å². The zero-order valence-corrected chi connectivity index (χ0v) is 75.6. The van der Waals surface area contributed by atoms with E-state index in [9.17, 15) is 17.6 Å². The molecule has 21 rings (SSSR count). The first kappa shape index (κ1) is 85.7. The van der Waals surface area contributed by atoms with Crippen molar-refractivity contribution in [2.24, 2.45) is 11.8 Å². The van der Waals surface area contributed by atoms with Gasteiger partial charge in [-0.25, -0.2) is 4.39 Å². The largest absolute Gasteiger partial charge is 0.416 e. The molecule has 2 fully saturated rings. The standard InChI is InChI=1S/C24H24FN.C24H27N.C24H25N.C23H23N.C22H18F3N/c1-5-16-9-11-19-20(13-16)21-14-17(25)10-12-22(21)26(4)23-8-6-7-18(15(2)3)24(19)23;1-25-22-11-3-2-6-17(22)12-13-20-16-21(14-15-23(20)25)24-18-7-4-8-19(24)10-5-9-18;1-4-9-17(2)18-14-15-22-20-11-6-5-10-19(20)21-12-7-8-13-23(21)25(3)24(22)16-18;1-23(2,3)16-13-14-22-20(15-16)18-10-6-5-9-17(18)19-11-7-8-12-21(19)24(22)4;1-3-14-8-10-18-16-6-4-5-7-17(16)19-13-15(22(23,24)25)9-11-20(19)26(2)21(18)12-14/h6-15H,5H2,1-4H3;2-3,6,11-16,18-19,24H,4-5,7-10H2,1H3;5-8,10-17H,4,9H2,1-3H3;5-15H,1-4H3;4-13H,3H2,1-2H3. The number of fused-ring (bicyclic) bond motifs is 24. The smallest absolute Gasteiger partial charge is 0.344 e. The maximum absolute atomic E-state index is 14.1. The lowest BCUT2D eigenvalue weighted by molar-refractivity contribution is -0.137. The Bertz CT molecular complexity index is 6390. The van der Waals surface area contributed by atoms with Crippen LogP contribution in [0.5, 0.6) is 0 Å². The van der Waals surface area contributed by atoms with Crippen molar-refractivity contribution in [3.05, 3.63) is 347 Å². The van der Waals surface area contributed by atoms with Crippen molar-refractivity contribution >= 4 is 69.0 Å². The topological polar surface area (TPSA) is 16.2 Å². The summed E-state index contributed by atoms with van der Waals surface area (Å²) in [5, 5.41) is 0. The molecule has 638 valence electrons. The first-order valence-electron chi connectivity index (χ1n) is 45.6. The molecule has 2 aliphatic carbocycles. The van der Waals surface area contributed by atoms with Gasteiger partial charge < -0.3 is 24.5 Å². The summed E-state index contributed by atoms with van der Waals surface area (Å²) in [5.74, 6) is 3.47. The third-order valence-corrected chi connectivity index (χ3v) is 27.8. The zero-order valence-electron chi connectivity index (χ0n) is 75.6. The molecule has 7 aliphatic rings. The van der Waals surface area contributed by atoms with E-state index in [1.165, 1.54) is 192 Å². The van der Waals surface area contributed by atoms with Gasteiger partial charge in [0.2, 0.25) is 0 Å². The Hall–Kier alpha value is -12.5. The van der Waals surface area contributed by atoms with Crippen molar-refractivity contribution in [2.45, 2.75) is 156 Å². The van der Waals surface area contributed by atoms with E-state index in [4.69, 9.17) is 0 Å². The minimum atomic E-state index is -4.36. The van der Waals surface area contributed by atoms with Gasteiger partial charge in [-0.05, 0) is 266 Å². The van der Waals surface area contributed by atoms with Crippen LogP contribution in [0.2, 0.25) is 0 Å². The highest BCUT2D eigenvalue weighted by molar-refractivity contribution is 6.04. The average Bonchev–Trinajstić information content (AvgIpc) is 1.62. The number of hydrogen-bond acceptors (Lipinski definition) is 5. The van der Waals surface area contributed by atoms with Crippen LogP contribution in [0.3, 0.4) is 0 Å². The number of nitrogens with zero attached hydrogens (tertiary/aromatic N) is 5. The van der Waals surface area contributed by atoms with Gasteiger partial charge in [-0.1, -0.05) is 288 Å². The predicted octanol–water partition coefficient (Wildman–Crippen LogP) is 33.6. The molecule has 1 unspecified atom stereocenters. The van der Waals surface area contributed by atoms with E-state index < -0.39 is 11.7 Å². The minimum absolute atomic E-state index is 0.141. The van der Waals surface area contributed by atoms with E-state index in [-0.39, 0.29) is 11.2 Å². The molecule has 2 saturated carbocycles. The lowest BCUT2D eigenvalue weighted by Crippen LogP contribution is -2.30. The number of hydrogen-bond donors (Lipinski definition) is 0. The van der Waals surface area contributed by atoms with Crippen LogP contribution in [0.4, 0.5) is 74.4 Å². The molecule has 14 aromatic rings. The Morgan fingerprint density at radius 1 is 0.333 bits per heavy atom. The van der Waals surface area contributed by atoms with Crippen LogP contribution in [-0.2, 0) is 24.4 Å². The summed E-state index contributed by atoms with van der Waals surface area (Å²) < 4.78 is 54.0. The first-order valence-corrected chi connectivity index (χ1v) is 45.6. The quantitative estimate of drug-likeness (QED) is 0.147. The summed E-state index contributed by atoms with van der Waals surface area (Å²) in [6, 6.07) is 101. The van der Waals surface area contributed by atoms with Crippen molar-refractivity contribution in [3.8, 4) is 89.0 Å². The van der Waals surface area contributed by atoms with Crippen molar-refractivity contribution in [3.63, 3.8) is 0 Å². The van der Waals surface area contributed by atoms with Gasteiger partial charge in [0.05, 0.1) is 5.56 Å². The summed E-state index contributed by atoms with van der Waals surface area (Å²) in [4.78, 5) is 11.2. The van der Waals surface area contributed by atoms with Gasteiger partial charge in [-0.15, -0.1) is 0 Å². The summed E-state index contributed by atoms with van der Waals surface area (Å²) >= 11 is 0. The fourth-order valence-corrected chi connectivity index (χ4v) is 20.9. The molecule has 9 heteroatoms. The molecule has 14 aromatic carbocycles. The van der Waals surface area contributed by atoms with Crippen LogP contribution in [0.25, 0.3) is 101 Å². The number of halogens is 4. The van der Waals surface area contributed by atoms with Crippen LogP contribution >= 0.6 is 0 Å². The highest BCUT2D eigenvalue weighted by Crippen LogP contribution is 2.56. The number of aryl methyl sites for hydroxylation is 2. The molecule has 1 atom stereocenters. The number of rotatable bonds is 7. The molecule has 5 aliphatic heterocycles. The lowest BCUT2D eigenvalue weighted by Gasteiger charge is -2.43. The van der Waals surface area contributed by atoms with E-state index in [1.807, 2.05) is 42.3 Å². The average molecular weight is 1670 g/mol. The Morgan fingerprint density at radius 3 is 1.28 bits per heavy atom. The van der Waals surface area contributed by atoms with Crippen LogP contribution in [-0.4, -0.2) is 35.2 Å². The van der Waals surface area contributed by atoms with E-state index in [1.54, 1.807) is 23.8 Å². The monoisotopic (exact) mass is 1670 g/mol. The minimum Gasteiger partial charge on any atom is -0.344 e. The second-order valence-corrected chi connectivity index (χ2v) is 36.8. The van der Waals surface area contributed by atoms with E-state index in [0.29, 0.717) is 17.4 Å². The summed E-state index contributed by atoms with van der Waals surface area (Å²) in [6.45, 7) is 20.1. The molecule has 0 amide bonds. The van der Waals surface area contributed by atoms with Crippen LogP contribution in [0, 0.1) is 17.7 Å². The SMILES string of the molecule is CCCC(C)c1ccc2c(c1)N(C)c1ccccc1-c1ccccc1-2.CCc1ccc2c(c1)-c1cc(F)ccc1N(C)c1cccc(C(C)C)c1-2.CCc1ccc2c(c1)N(C)c1ccc(C(F)(F)F)cc1-c1ccccc1-2.CN1c2ccccc2-c2ccccc2-c2cc(C(C)(C)C)ccc21.CN1c2ccccc2C=Cc2cc(C3C4CCCC3CCC4)ccc21. The van der Waals surface area contributed by atoms with E-state index in [0.717, 1.165) is 81.5 Å². The van der Waals surface area contributed by atoms with Gasteiger partial charge in [0, 0.05) is 137 Å². The Labute approximate surface area is 745 Å². The Kier molecular flexibility index (Phi) is 24.4. The van der Waals surface area contributed by atoms with Crippen LogP contribution in [0.1, 0.15) is 182 Å². The third kappa shape index (κ3) is 16.6. The highest BCUT2D eigenvalue weighted by atomic mass is 19.4. The molecule has 0 N–H and O–H groups in total. The lowest BCUT2D eigenvalue weighted by atomic mass is 9.62. The van der Waals surface area contributed by atoms with Gasteiger partial charge in [0.25, 0.3) is 0 Å². The van der Waals surface area contributed by atoms with Gasteiger partial charge in [0.15, 0.2) is 0 Å². The third-order valence-electron chi connectivity index (χ3n) is 27.8. The molecular formula is C117H117F4N5. The van der Waals surface area contributed by atoms with Crippen molar-refractivity contribution in [2.75, 3.05) is 59.7 Å². The van der Waals surface area contributed by atoms with Crippen molar-refractivity contribution < 1.29 is 17.6 Å². The normalized spacial score (nSPS) is 15.8. The zero-order chi connectivity index (χ0) is 88.0. The fourth-order valence-electron chi connectivity index (χ4n) is 20.9. The first-order chi connectivity index (χ1) is 60.9. The molecule has 2 bridgehead atoms. The molecule has 0 saturated heterocycles. The number of anilines is 10. The molecule has 0 radical (unpaired) electrons. The molecule has 126 heavy (non-hydrogen) atoms. The number of para-hydroxylation sites is 3. The van der Waals surface area contributed by atoms with Gasteiger partial charge >= 0.3 is 6.18 Å². The van der Waals surface area contributed by atoms with Crippen LogP contribution < -0.4 is 24.5 Å². The summed E-state index contributed by atoms with van der Waals surface area (Å²) in [7, 11) is 10.5. The Balaban J connectivity index is 0.000000111. The molecule has 0 spiro atoms. The predicted molar refractivity (Wildman–Crippen MR) is 529 cm³/mol. The van der Waals surface area contributed by atoms with Crippen molar-refractivity contribution in [1.29, 1.82) is 0 Å². The molecule has 5 heterocycles. The van der Waals surface area contributed by atoms with E-state index >= 15 is 0 Å². The molecule has 5 nitrogen and oxygen atoms in total. The molecular weight excluding hydrogens is 1550 g/mol. The maximum atomic E-state index is 14.1. The van der Waals surface area contributed by atoms with Crippen LogP contribution in [0.15, 0.2) is 291 Å². The highest BCUT2D eigenvalue weighted by Gasteiger charge is 2.39. The summed E-state index contributed by atoms with van der Waals surface area (Å²) in [5.41, 5.74) is 40.6. The second kappa shape index (κ2) is 35.9. The van der Waals surface area contributed by atoms with E-state index in [2.05, 4.69) is 353 Å². The van der Waals surface area contributed by atoms with Gasteiger partial charge in [-0.2, -0.15) is 13.2 Å². The van der Waals surface area contributed by atoms with Gasteiger partial charge in [0.1, 0.15) is 5.82 Å². The number of alkyl halides is 3. The maximum Gasteiger partial charge on any atom is 0.416 e. The molecule has 0 aromatic heterocycles. The second-order valence-electron chi connectivity index (χ2n) is 36.8. The van der Waals surface area contributed by atoms with Crippen molar-refractivity contribution in [1.82, 2.24) is 0 Å². The fraction of sp³-hybridized carbons (Fsp3) is 0.265. The number of benzene rings is 14. The Morgan fingerprint density at radius 2 is 0.738 bits per heavy atom. The summed E-state index contributed by atoms with van der Waals surface area (Å²) in [6.07, 6.45) is 13.2.